The molecule has 0 aliphatic heterocycles. The largest absolute Gasteiger partial charge is 0.497 e. The van der Waals surface area contributed by atoms with Crippen LogP contribution < -0.4 is 14.4 Å². The number of methoxy groups -OCH3 is 2. The minimum atomic E-state index is -1.15. The van der Waals surface area contributed by atoms with Gasteiger partial charge in [-0.1, -0.05) is 12.1 Å². The van der Waals surface area contributed by atoms with Crippen LogP contribution in [0.3, 0.4) is 0 Å². The van der Waals surface area contributed by atoms with Crippen molar-refractivity contribution < 1.29 is 24.2 Å². The van der Waals surface area contributed by atoms with Crippen molar-refractivity contribution in [2.75, 3.05) is 25.7 Å². The lowest BCUT2D eigenvalue weighted by molar-refractivity contribution is 0.0692. The van der Waals surface area contributed by atoms with Crippen molar-refractivity contribution in [1.82, 2.24) is 4.98 Å². The topological polar surface area (TPSA) is 89.0 Å². The maximum absolute atomic E-state index is 13.1. The summed E-state index contributed by atoms with van der Waals surface area (Å²) >= 11 is 1.30. The number of ether oxygens (including phenoxy) is 2. The third-order valence-electron chi connectivity index (χ3n) is 4.35. The van der Waals surface area contributed by atoms with Crippen molar-refractivity contribution in [3.8, 4) is 22.8 Å². The average Bonchev–Trinajstić information content (AvgIpc) is 3.23. The van der Waals surface area contributed by atoms with Crippen LogP contribution in [0.25, 0.3) is 11.3 Å². The zero-order chi connectivity index (χ0) is 21.0. The smallest absolute Gasteiger partial charge is 0.336 e. The van der Waals surface area contributed by atoms with Gasteiger partial charge in [-0.25, -0.2) is 9.78 Å². The lowest BCUT2D eigenvalue weighted by Crippen LogP contribution is -2.31. The summed E-state index contributed by atoms with van der Waals surface area (Å²) in [6, 6.07) is 11.6. The molecule has 0 unspecified atom stereocenters. The molecule has 3 rings (SSSR count). The lowest BCUT2D eigenvalue weighted by atomic mass is 10.1. The number of aromatic carboxylic acids is 1. The number of nitrogens with zero attached hydrogens (tertiary/aromatic N) is 2. The number of benzene rings is 2. The highest BCUT2D eigenvalue weighted by molar-refractivity contribution is 7.14. The molecule has 0 radical (unpaired) electrons. The Morgan fingerprint density at radius 1 is 1.10 bits per heavy atom. The maximum atomic E-state index is 13.1. The molecule has 1 heterocycles. The lowest BCUT2D eigenvalue weighted by Gasteiger charge is -2.18. The van der Waals surface area contributed by atoms with Crippen LogP contribution in [0, 0.1) is 0 Å². The molecule has 0 saturated heterocycles. The van der Waals surface area contributed by atoms with Gasteiger partial charge in [0.2, 0.25) is 0 Å². The van der Waals surface area contributed by atoms with Gasteiger partial charge in [0.05, 0.1) is 31.0 Å². The second-order valence-electron chi connectivity index (χ2n) is 5.98. The highest BCUT2D eigenvalue weighted by atomic mass is 32.1. The van der Waals surface area contributed by atoms with E-state index in [0.717, 1.165) is 5.56 Å². The summed E-state index contributed by atoms with van der Waals surface area (Å²) in [5, 5.41) is 11.7. The van der Waals surface area contributed by atoms with Crippen molar-refractivity contribution in [3.05, 3.63) is 59.0 Å². The molecule has 0 spiro atoms. The van der Waals surface area contributed by atoms with E-state index in [2.05, 4.69) is 4.98 Å². The van der Waals surface area contributed by atoms with Crippen LogP contribution in [0.4, 0.5) is 5.13 Å². The van der Waals surface area contributed by atoms with Gasteiger partial charge in [0.15, 0.2) is 5.13 Å². The van der Waals surface area contributed by atoms with Crippen LogP contribution in [-0.4, -0.2) is 42.7 Å². The first-order valence-electron chi connectivity index (χ1n) is 8.82. The number of carboxylic acids is 1. The molecule has 3 aromatic rings. The van der Waals surface area contributed by atoms with Crippen molar-refractivity contribution in [2.45, 2.75) is 6.92 Å². The van der Waals surface area contributed by atoms with E-state index >= 15 is 0 Å². The quantitative estimate of drug-likeness (QED) is 0.626. The molecule has 1 amide bonds. The van der Waals surface area contributed by atoms with Crippen LogP contribution in [0.15, 0.2) is 47.8 Å². The number of carbonyl (C=O) groups excluding carboxylic acids is 1. The average molecular weight is 412 g/mol. The number of thiazole rings is 1. The Labute approximate surface area is 172 Å². The maximum Gasteiger partial charge on any atom is 0.336 e. The van der Waals surface area contributed by atoms with Crippen LogP contribution in [0.5, 0.6) is 11.5 Å². The van der Waals surface area contributed by atoms with E-state index < -0.39 is 11.9 Å². The van der Waals surface area contributed by atoms with Crippen molar-refractivity contribution in [1.29, 1.82) is 0 Å². The van der Waals surface area contributed by atoms with E-state index in [1.165, 1.54) is 28.4 Å². The molecule has 0 bridgehead atoms. The number of hydrogen-bond acceptors (Lipinski definition) is 6. The number of rotatable bonds is 7. The van der Waals surface area contributed by atoms with Crippen LogP contribution >= 0.6 is 11.3 Å². The van der Waals surface area contributed by atoms with E-state index in [0.29, 0.717) is 28.9 Å². The minimum Gasteiger partial charge on any atom is -0.497 e. The first kappa shape index (κ1) is 20.3. The molecule has 0 saturated carbocycles. The fourth-order valence-corrected chi connectivity index (χ4v) is 3.78. The summed E-state index contributed by atoms with van der Waals surface area (Å²) in [6.07, 6.45) is 0. The molecule has 1 aromatic heterocycles. The Balaban J connectivity index is 1.99. The summed E-state index contributed by atoms with van der Waals surface area (Å²) in [5.41, 5.74) is 1.46. The summed E-state index contributed by atoms with van der Waals surface area (Å²) in [7, 11) is 3.15. The molecule has 0 aliphatic carbocycles. The summed E-state index contributed by atoms with van der Waals surface area (Å²) in [5.74, 6) is -0.266. The second-order valence-corrected chi connectivity index (χ2v) is 6.82. The van der Waals surface area contributed by atoms with E-state index in [-0.39, 0.29) is 11.1 Å². The van der Waals surface area contributed by atoms with Crippen molar-refractivity contribution in [3.63, 3.8) is 0 Å². The molecule has 0 aliphatic rings. The van der Waals surface area contributed by atoms with Gasteiger partial charge in [-0.05, 0) is 37.3 Å². The van der Waals surface area contributed by atoms with E-state index in [1.807, 2.05) is 18.4 Å². The molecular formula is C21H20N2O5S. The normalized spacial score (nSPS) is 10.4. The summed E-state index contributed by atoms with van der Waals surface area (Å²) in [6.45, 7) is 2.16. The molecule has 1 N–H and O–H groups in total. The van der Waals surface area contributed by atoms with E-state index in [4.69, 9.17) is 9.47 Å². The Morgan fingerprint density at radius 2 is 1.83 bits per heavy atom. The number of carboxylic acid groups (broad SMARTS) is 1. The highest BCUT2D eigenvalue weighted by Crippen LogP contribution is 2.36. The molecule has 150 valence electrons. The van der Waals surface area contributed by atoms with Gasteiger partial charge in [-0.2, -0.15) is 0 Å². The molecule has 2 aromatic carbocycles. The summed E-state index contributed by atoms with van der Waals surface area (Å²) < 4.78 is 10.7. The number of hydrogen-bond donors (Lipinski definition) is 1. The zero-order valence-corrected chi connectivity index (χ0v) is 17.0. The first-order chi connectivity index (χ1) is 14.0. The van der Waals surface area contributed by atoms with Crippen LogP contribution in [0.1, 0.15) is 27.6 Å². The fraction of sp³-hybridized carbons (Fsp3) is 0.190. The number of amides is 1. The monoisotopic (exact) mass is 412 g/mol. The van der Waals surface area contributed by atoms with Crippen LogP contribution in [0.2, 0.25) is 0 Å². The third kappa shape index (κ3) is 4.07. The van der Waals surface area contributed by atoms with Gasteiger partial charge in [0.1, 0.15) is 11.5 Å². The van der Waals surface area contributed by atoms with Gasteiger partial charge >= 0.3 is 5.97 Å². The fourth-order valence-electron chi connectivity index (χ4n) is 2.89. The van der Waals surface area contributed by atoms with E-state index in [1.54, 1.807) is 38.5 Å². The molecule has 29 heavy (non-hydrogen) atoms. The standard InChI is InChI=1S/C21H20N2O5S/c1-4-23(19(24)14-7-5-6-8-15(14)20(25)26)21-22-17(12-29-21)16-11-13(27-2)9-10-18(16)28-3/h5-12H,4H2,1-3H3,(H,25,26). The van der Waals surface area contributed by atoms with Gasteiger partial charge in [-0.15, -0.1) is 11.3 Å². The predicted molar refractivity (Wildman–Crippen MR) is 111 cm³/mol. The Bertz CT molecular complexity index is 1050. The molecule has 7 nitrogen and oxygen atoms in total. The minimum absolute atomic E-state index is 0.0396. The Morgan fingerprint density at radius 3 is 2.45 bits per heavy atom. The number of carbonyl (C=O) groups is 2. The van der Waals surface area contributed by atoms with Gasteiger partial charge < -0.3 is 14.6 Å². The van der Waals surface area contributed by atoms with Crippen molar-refractivity contribution >= 4 is 28.3 Å². The second kappa shape index (κ2) is 8.74. The Hall–Kier alpha value is -3.39. The molecule has 8 heteroatoms. The molecule has 0 fully saturated rings. The number of anilines is 1. The van der Waals surface area contributed by atoms with Gasteiger partial charge in [-0.3, -0.25) is 9.69 Å². The first-order valence-corrected chi connectivity index (χ1v) is 9.70. The van der Waals surface area contributed by atoms with Crippen molar-refractivity contribution in [2.24, 2.45) is 0 Å². The van der Waals surface area contributed by atoms with Gasteiger partial charge in [0, 0.05) is 17.5 Å². The van der Waals surface area contributed by atoms with Gasteiger partial charge in [0.25, 0.3) is 5.91 Å². The van der Waals surface area contributed by atoms with E-state index in [9.17, 15) is 14.7 Å². The number of aromatic nitrogens is 1. The highest BCUT2D eigenvalue weighted by Gasteiger charge is 2.24. The summed E-state index contributed by atoms with van der Waals surface area (Å²) in [4.78, 5) is 30.6. The SMILES string of the molecule is CCN(C(=O)c1ccccc1C(=O)O)c1nc(-c2cc(OC)ccc2OC)cs1. The predicted octanol–water partition coefficient (Wildman–Crippen LogP) is 4.19. The Kier molecular flexibility index (Phi) is 6.13. The van der Waals surface area contributed by atoms with Crippen LogP contribution in [-0.2, 0) is 0 Å². The third-order valence-corrected chi connectivity index (χ3v) is 5.22. The zero-order valence-electron chi connectivity index (χ0n) is 16.2. The molecular weight excluding hydrogens is 392 g/mol. The molecule has 0 atom stereocenters.